The van der Waals surface area contributed by atoms with Crippen LogP contribution in [0.5, 0.6) is 0 Å². The quantitative estimate of drug-likeness (QED) is 0.113. The number of halogens is 1. The van der Waals surface area contributed by atoms with E-state index in [2.05, 4.69) is 40.8 Å². The van der Waals surface area contributed by atoms with Crippen molar-refractivity contribution in [2.75, 3.05) is 67.2 Å². The molecule has 5 aromatic heterocycles. The molecular weight excluding hydrogens is 722 g/mol. The normalized spacial score (nSPS) is 13.1. The summed E-state index contributed by atoms with van der Waals surface area (Å²) < 4.78 is 14.4. The Kier molecular flexibility index (Phi) is 11.9. The topological polar surface area (TPSA) is 181 Å². The SMILES string of the molecule is Cn1cc(NC(=O)c2cc(NC(=O)c3cc(NC(=O)c4nsc(NCCc5ccncc5)c4Cl)cn3C)cn2C)cc1C(=O)NCCN1CCOCC1. The third-order valence-corrected chi connectivity index (χ3v) is 9.89. The Bertz CT molecular complexity index is 2100. The van der Waals surface area contributed by atoms with E-state index in [1.54, 1.807) is 78.0 Å². The van der Waals surface area contributed by atoms with Crippen LogP contribution in [-0.2, 0) is 32.3 Å². The third kappa shape index (κ3) is 9.31. The Labute approximate surface area is 314 Å². The van der Waals surface area contributed by atoms with Crippen LogP contribution in [0.15, 0.2) is 61.3 Å². The number of rotatable bonds is 14. The fourth-order valence-electron chi connectivity index (χ4n) is 5.80. The molecule has 1 saturated heterocycles. The summed E-state index contributed by atoms with van der Waals surface area (Å²) in [5.74, 6) is -1.63. The Morgan fingerprint density at radius 2 is 1.30 bits per heavy atom. The highest BCUT2D eigenvalue weighted by Gasteiger charge is 2.22. The molecule has 0 atom stereocenters. The summed E-state index contributed by atoms with van der Waals surface area (Å²) in [5.41, 5.74) is 3.36. The average Bonchev–Trinajstić information content (AvgIpc) is 3.90. The van der Waals surface area contributed by atoms with Gasteiger partial charge >= 0.3 is 0 Å². The van der Waals surface area contributed by atoms with E-state index in [1.807, 2.05) is 12.1 Å². The standard InChI is InChI=1S/C35H40ClN11O5S/c1-44-19-23(16-26(44)31(48)38-10-11-47-12-14-52-15-13-47)40-32(49)27-17-24(20-45(27)2)41-33(50)28-18-25(21-46(28)3)42-34(51)30-29(36)35(53-43-30)39-9-6-22-4-7-37-8-5-22/h4-5,7-8,16-21,39H,6,9-15H2,1-3H3,(H,38,48)(H,40,49)(H,41,50)(H,42,51). The number of carbonyl (C=O) groups excluding carboxylic acids is 4. The van der Waals surface area contributed by atoms with Gasteiger partial charge in [-0.1, -0.05) is 11.6 Å². The molecular formula is C35H40ClN11O5S. The first kappa shape index (κ1) is 37.3. The average molecular weight is 762 g/mol. The maximum absolute atomic E-state index is 13.3. The first-order chi connectivity index (χ1) is 25.5. The number of morpholine rings is 1. The number of nitrogens with zero attached hydrogens (tertiary/aromatic N) is 6. The lowest BCUT2D eigenvalue weighted by molar-refractivity contribution is 0.0383. The zero-order valence-corrected chi connectivity index (χ0v) is 31.0. The van der Waals surface area contributed by atoms with E-state index in [4.69, 9.17) is 16.3 Å². The molecule has 0 aliphatic carbocycles. The van der Waals surface area contributed by atoms with Gasteiger partial charge in [0, 0.05) is 84.9 Å². The molecule has 0 unspecified atom stereocenters. The minimum absolute atomic E-state index is 0.0718. The molecule has 0 aromatic carbocycles. The maximum Gasteiger partial charge on any atom is 0.277 e. The Hall–Kier alpha value is -5.49. The molecule has 0 radical (unpaired) electrons. The number of nitrogens with one attached hydrogen (secondary N) is 5. The van der Waals surface area contributed by atoms with Gasteiger partial charge in [0.1, 0.15) is 27.1 Å². The molecule has 6 rings (SSSR count). The van der Waals surface area contributed by atoms with Crippen molar-refractivity contribution >= 4 is 68.8 Å². The van der Waals surface area contributed by atoms with Gasteiger partial charge < -0.3 is 45.0 Å². The van der Waals surface area contributed by atoms with Gasteiger partial charge in [0.25, 0.3) is 23.6 Å². The molecule has 0 bridgehead atoms. The van der Waals surface area contributed by atoms with Crippen LogP contribution in [0.1, 0.15) is 47.5 Å². The molecule has 5 N–H and O–H groups in total. The van der Waals surface area contributed by atoms with Crippen LogP contribution in [0.2, 0.25) is 5.02 Å². The van der Waals surface area contributed by atoms with Crippen molar-refractivity contribution in [1.29, 1.82) is 0 Å². The maximum atomic E-state index is 13.3. The number of hydrogen-bond donors (Lipinski definition) is 5. The van der Waals surface area contributed by atoms with Crippen molar-refractivity contribution in [1.82, 2.24) is 33.3 Å². The summed E-state index contributed by atoms with van der Waals surface area (Å²) in [4.78, 5) is 58.6. The highest BCUT2D eigenvalue weighted by atomic mass is 35.5. The van der Waals surface area contributed by atoms with E-state index >= 15 is 0 Å². The lowest BCUT2D eigenvalue weighted by Gasteiger charge is -2.26. The summed E-state index contributed by atoms with van der Waals surface area (Å²) in [6.45, 7) is 4.89. The smallest absolute Gasteiger partial charge is 0.277 e. The number of anilines is 4. The monoisotopic (exact) mass is 761 g/mol. The molecule has 53 heavy (non-hydrogen) atoms. The van der Waals surface area contributed by atoms with Crippen molar-refractivity contribution in [3.63, 3.8) is 0 Å². The number of ether oxygens (including phenoxy) is 1. The summed E-state index contributed by atoms with van der Waals surface area (Å²) in [6, 6.07) is 8.56. The van der Waals surface area contributed by atoms with Gasteiger partial charge in [-0.15, -0.1) is 0 Å². The van der Waals surface area contributed by atoms with Gasteiger partial charge in [-0.05, 0) is 53.8 Å². The lowest BCUT2D eigenvalue weighted by atomic mass is 10.2. The van der Waals surface area contributed by atoms with E-state index in [0.29, 0.717) is 54.1 Å². The predicted octanol–water partition coefficient (Wildman–Crippen LogP) is 3.68. The van der Waals surface area contributed by atoms with Crippen molar-refractivity contribution in [2.24, 2.45) is 21.1 Å². The molecule has 5 aromatic rings. The second-order valence-electron chi connectivity index (χ2n) is 12.5. The molecule has 6 heterocycles. The first-order valence-corrected chi connectivity index (χ1v) is 18.0. The van der Waals surface area contributed by atoms with Crippen LogP contribution in [0.3, 0.4) is 0 Å². The summed E-state index contributed by atoms with van der Waals surface area (Å²) >= 11 is 7.57. The highest BCUT2D eigenvalue weighted by molar-refractivity contribution is 7.11. The second-order valence-corrected chi connectivity index (χ2v) is 13.6. The van der Waals surface area contributed by atoms with Crippen molar-refractivity contribution < 1.29 is 23.9 Å². The molecule has 1 aliphatic rings. The number of aryl methyl sites for hydroxylation is 3. The minimum atomic E-state index is -0.514. The van der Waals surface area contributed by atoms with Crippen LogP contribution in [0.4, 0.5) is 22.1 Å². The van der Waals surface area contributed by atoms with Gasteiger partial charge in [0.15, 0.2) is 5.69 Å². The molecule has 278 valence electrons. The Morgan fingerprint density at radius 1 is 0.774 bits per heavy atom. The highest BCUT2D eigenvalue weighted by Crippen LogP contribution is 2.31. The number of pyridine rings is 1. The minimum Gasteiger partial charge on any atom is -0.379 e. The third-order valence-electron chi connectivity index (χ3n) is 8.60. The molecule has 16 nitrogen and oxygen atoms in total. The van der Waals surface area contributed by atoms with E-state index in [9.17, 15) is 19.2 Å². The Balaban J connectivity index is 1.01. The number of carbonyl (C=O) groups is 4. The van der Waals surface area contributed by atoms with Crippen molar-refractivity contribution in [3.05, 3.63) is 94.7 Å². The molecule has 0 saturated carbocycles. The van der Waals surface area contributed by atoms with E-state index in [1.165, 1.54) is 6.07 Å². The lowest BCUT2D eigenvalue weighted by Crippen LogP contribution is -2.41. The van der Waals surface area contributed by atoms with E-state index < -0.39 is 17.7 Å². The van der Waals surface area contributed by atoms with Gasteiger partial charge in [0.2, 0.25) is 0 Å². The predicted molar refractivity (Wildman–Crippen MR) is 203 cm³/mol. The fourth-order valence-corrected chi connectivity index (χ4v) is 6.85. The number of aromatic nitrogens is 5. The van der Waals surface area contributed by atoms with Crippen LogP contribution < -0.4 is 26.6 Å². The summed E-state index contributed by atoms with van der Waals surface area (Å²) in [6.07, 6.45) is 9.09. The van der Waals surface area contributed by atoms with Gasteiger partial charge in [-0.25, -0.2) is 0 Å². The molecule has 1 fully saturated rings. The van der Waals surface area contributed by atoms with Crippen LogP contribution in [-0.4, -0.2) is 97.5 Å². The van der Waals surface area contributed by atoms with Gasteiger partial charge in [0.05, 0.1) is 30.3 Å². The zero-order valence-electron chi connectivity index (χ0n) is 29.4. The van der Waals surface area contributed by atoms with Gasteiger partial charge in [-0.3, -0.25) is 29.1 Å². The zero-order chi connectivity index (χ0) is 37.5. The molecule has 1 aliphatic heterocycles. The molecule has 18 heteroatoms. The molecule has 0 spiro atoms. The van der Waals surface area contributed by atoms with Crippen LogP contribution in [0.25, 0.3) is 0 Å². The summed E-state index contributed by atoms with van der Waals surface area (Å²) in [5, 5.41) is 15.3. The fraction of sp³-hybridized carbons (Fsp3) is 0.314. The Morgan fingerprint density at radius 3 is 1.87 bits per heavy atom. The van der Waals surface area contributed by atoms with E-state index in [-0.39, 0.29) is 28.0 Å². The number of amides is 4. The van der Waals surface area contributed by atoms with Crippen LogP contribution >= 0.6 is 23.1 Å². The molecule has 4 amide bonds. The van der Waals surface area contributed by atoms with Crippen molar-refractivity contribution in [3.8, 4) is 0 Å². The van der Waals surface area contributed by atoms with Crippen molar-refractivity contribution in [2.45, 2.75) is 6.42 Å². The van der Waals surface area contributed by atoms with Gasteiger partial charge in [-0.2, -0.15) is 4.37 Å². The summed E-state index contributed by atoms with van der Waals surface area (Å²) in [7, 11) is 5.09. The number of hydrogen-bond acceptors (Lipinski definition) is 10. The van der Waals surface area contributed by atoms with E-state index in [0.717, 1.165) is 43.2 Å². The van der Waals surface area contributed by atoms with Crippen LogP contribution in [0, 0.1) is 0 Å². The largest absolute Gasteiger partial charge is 0.379 e. The second kappa shape index (κ2) is 16.9. The first-order valence-electron chi connectivity index (χ1n) is 16.8.